The van der Waals surface area contributed by atoms with Crippen molar-refractivity contribution in [1.29, 1.82) is 0 Å². The second kappa shape index (κ2) is 28.4. The molecule has 3 N–H and O–H groups in total. The van der Waals surface area contributed by atoms with E-state index in [9.17, 15) is 22.8 Å². The van der Waals surface area contributed by atoms with E-state index in [2.05, 4.69) is 29.5 Å². The third-order valence-corrected chi connectivity index (χ3v) is 5.45. The zero-order chi connectivity index (χ0) is 32.9. The van der Waals surface area contributed by atoms with Gasteiger partial charge in [0.05, 0.1) is 0 Å². The second-order valence-corrected chi connectivity index (χ2v) is 8.88. The molecule has 1 heterocycles. The Hall–Kier alpha value is -3.11. The van der Waals surface area contributed by atoms with Gasteiger partial charge in [-0.3, -0.25) is 9.69 Å². The van der Waals surface area contributed by atoms with Crippen LogP contribution in [0.2, 0.25) is 0 Å². The predicted molar refractivity (Wildman–Crippen MR) is 165 cm³/mol. The fourth-order valence-corrected chi connectivity index (χ4v) is 3.15. The van der Waals surface area contributed by atoms with Crippen LogP contribution < -0.4 is 5.73 Å². The molecule has 1 aliphatic rings. The van der Waals surface area contributed by atoms with Gasteiger partial charge in [0, 0.05) is 57.2 Å². The Balaban J connectivity index is -0.000000258. The first-order valence-electron chi connectivity index (χ1n) is 13.5. The molecule has 0 radical (unpaired) electrons. The summed E-state index contributed by atoms with van der Waals surface area (Å²) in [6.45, 7) is 25.7. The number of nitrogens with zero attached hydrogens (tertiary/aromatic N) is 2. The number of carboxylic acid groups (broad SMARTS) is 1. The maximum Gasteiger partial charge on any atom is 0.412 e. The number of hydrogen-bond acceptors (Lipinski definition) is 6. The Morgan fingerprint density at radius 3 is 1.90 bits per heavy atom. The Labute approximate surface area is 246 Å². The van der Waals surface area contributed by atoms with E-state index in [1.807, 2.05) is 33.0 Å². The number of likely N-dealkylation sites (N-methyl/N-ethyl adjacent to an activating group) is 1. The normalized spacial score (nSPS) is 13.9. The number of likely N-dealkylation sites (tertiary alicyclic amines) is 1. The predicted octanol–water partition coefficient (Wildman–Crippen LogP) is 6.91. The summed E-state index contributed by atoms with van der Waals surface area (Å²) in [7, 11) is 2.03. The number of hydrogen-bond donors (Lipinski definition) is 2. The average molecular weight is 590 g/mol. The molecule has 0 bridgehead atoms. The number of aliphatic carboxylic acids is 1. The van der Waals surface area contributed by atoms with Crippen molar-refractivity contribution in [3.05, 3.63) is 73.5 Å². The Morgan fingerprint density at radius 1 is 1.12 bits per heavy atom. The lowest BCUT2D eigenvalue weighted by Gasteiger charge is -2.42. The molecule has 0 aromatic heterocycles. The molecule has 41 heavy (non-hydrogen) atoms. The Morgan fingerprint density at radius 2 is 1.66 bits per heavy atom. The summed E-state index contributed by atoms with van der Waals surface area (Å²) < 4.78 is 40.4. The molecule has 0 atom stereocenters. The van der Waals surface area contributed by atoms with Gasteiger partial charge in [-0.05, 0) is 53.4 Å². The summed E-state index contributed by atoms with van der Waals surface area (Å²) in [5.41, 5.74) is 4.38. The first-order chi connectivity index (χ1) is 19.2. The minimum Gasteiger partial charge on any atom is -0.478 e. The average Bonchev–Trinajstić information content (AvgIpc) is 2.90. The van der Waals surface area contributed by atoms with E-state index >= 15 is 0 Å². The largest absolute Gasteiger partial charge is 0.478 e. The maximum absolute atomic E-state index is 11.6. The van der Waals surface area contributed by atoms with E-state index in [4.69, 9.17) is 15.6 Å². The number of nitrogens with two attached hydrogens (primary N) is 1. The maximum atomic E-state index is 11.6. The lowest BCUT2D eigenvalue weighted by atomic mass is 9.90. The minimum atomic E-state index is -4.14. The van der Waals surface area contributed by atoms with Gasteiger partial charge < -0.3 is 20.5 Å². The second-order valence-electron chi connectivity index (χ2n) is 8.88. The number of rotatable bonds is 11. The van der Waals surface area contributed by atoms with Gasteiger partial charge in [-0.2, -0.15) is 13.2 Å². The zero-order valence-corrected chi connectivity index (χ0v) is 26.2. The first kappa shape index (κ1) is 44.9. The smallest absolute Gasteiger partial charge is 0.412 e. The van der Waals surface area contributed by atoms with Gasteiger partial charge >= 0.3 is 12.1 Å². The lowest BCUT2D eigenvalue weighted by molar-refractivity contribution is -0.151. The highest BCUT2D eigenvalue weighted by atomic mass is 19.4. The number of allylic oxidation sites excluding steroid dienone is 5. The molecule has 0 unspecified atom stereocenters. The highest BCUT2D eigenvalue weighted by Crippen LogP contribution is 2.27. The summed E-state index contributed by atoms with van der Waals surface area (Å²) in [4.78, 5) is 24.8. The molecule has 1 rings (SSSR count). The molecule has 1 aliphatic heterocycles. The molecule has 0 saturated carbocycles. The summed E-state index contributed by atoms with van der Waals surface area (Å²) in [5.74, 6) is -0.891. The van der Waals surface area contributed by atoms with E-state index in [1.54, 1.807) is 19.1 Å². The topological polar surface area (TPSA) is 96.1 Å². The number of carbonyl (C=O) groups excluding carboxylic acids is 1. The van der Waals surface area contributed by atoms with Crippen molar-refractivity contribution in [2.45, 2.75) is 72.6 Å². The highest BCUT2D eigenvalue weighted by Gasteiger charge is 2.37. The first-order valence-corrected chi connectivity index (χ1v) is 13.5. The van der Waals surface area contributed by atoms with E-state index in [0.717, 1.165) is 65.0 Å². The van der Waals surface area contributed by atoms with Crippen molar-refractivity contribution in [2.24, 2.45) is 5.73 Å². The molecule has 7 nitrogen and oxygen atoms in total. The molecule has 10 heteroatoms. The monoisotopic (exact) mass is 589 g/mol. The van der Waals surface area contributed by atoms with E-state index < -0.39 is 17.7 Å². The van der Waals surface area contributed by atoms with Crippen LogP contribution in [0.1, 0.15) is 60.8 Å². The molecular weight excluding hydrogens is 535 g/mol. The van der Waals surface area contributed by atoms with E-state index in [0.29, 0.717) is 12.0 Å². The molecular formula is C31H54F3N3O4. The van der Waals surface area contributed by atoms with Gasteiger partial charge in [0.15, 0.2) is 0 Å². The molecule has 0 aromatic rings. The number of carboxylic acids is 1. The van der Waals surface area contributed by atoms with Crippen molar-refractivity contribution >= 4 is 12.4 Å². The molecule has 0 amide bonds. The summed E-state index contributed by atoms with van der Waals surface area (Å²) in [5, 5.41) is 7.83. The van der Waals surface area contributed by atoms with Crippen LogP contribution in [0.5, 0.6) is 0 Å². The van der Waals surface area contributed by atoms with Crippen molar-refractivity contribution in [3.63, 3.8) is 0 Å². The molecule has 0 spiro atoms. The van der Waals surface area contributed by atoms with E-state index in [1.165, 1.54) is 26.1 Å². The summed E-state index contributed by atoms with van der Waals surface area (Å²) in [6.07, 6.45) is 9.76. The van der Waals surface area contributed by atoms with Crippen LogP contribution in [0, 0.1) is 0 Å². The fraction of sp³-hybridized carbons (Fsp3) is 0.548. The Bertz CT molecular complexity index is 795. The Kier molecular flexibility index (Phi) is 31.1. The summed E-state index contributed by atoms with van der Waals surface area (Å²) >= 11 is 0. The quantitative estimate of drug-likeness (QED) is 0.117. The van der Waals surface area contributed by atoms with Crippen LogP contribution in [0.3, 0.4) is 0 Å². The van der Waals surface area contributed by atoms with Gasteiger partial charge in [-0.15, -0.1) is 13.2 Å². The molecule has 0 aromatic carbocycles. The minimum absolute atomic E-state index is 0.322. The van der Waals surface area contributed by atoms with Crippen molar-refractivity contribution < 1.29 is 32.6 Å². The third-order valence-electron chi connectivity index (χ3n) is 5.45. The molecule has 1 fully saturated rings. The zero-order valence-electron chi connectivity index (χ0n) is 26.2. The van der Waals surface area contributed by atoms with Gasteiger partial charge in [-0.1, -0.05) is 50.3 Å². The summed E-state index contributed by atoms with van der Waals surface area (Å²) in [6, 6.07) is 0. The third kappa shape index (κ3) is 28.2. The van der Waals surface area contributed by atoms with Gasteiger partial charge in [0.1, 0.15) is 5.60 Å². The van der Waals surface area contributed by atoms with Gasteiger partial charge in [-0.25, -0.2) is 4.79 Å². The van der Waals surface area contributed by atoms with Crippen LogP contribution in [0.15, 0.2) is 73.5 Å². The molecule has 238 valence electrons. The van der Waals surface area contributed by atoms with E-state index in [-0.39, 0.29) is 5.60 Å². The lowest BCUT2D eigenvalue weighted by Crippen LogP contribution is -2.52. The molecule has 0 aliphatic carbocycles. The van der Waals surface area contributed by atoms with Gasteiger partial charge in [0.25, 0.3) is 6.47 Å². The van der Waals surface area contributed by atoms with Crippen LogP contribution in [0.4, 0.5) is 13.2 Å². The number of carbonyl (C=O) groups is 2. The molecule has 1 saturated heterocycles. The van der Waals surface area contributed by atoms with Crippen molar-refractivity contribution in [2.75, 3.05) is 39.8 Å². The highest BCUT2D eigenvalue weighted by molar-refractivity contribution is 5.79. The number of piperidine rings is 1. The SMILES string of the molecule is C/C=C\C(=O)O.C=C/C=C/N.C=CCCN1CCC(CN(C)CC=C)(OC=O)CC1.CC.CC(C)=C(C)C(F)(F)F. The number of ether oxygens (including phenoxy) is 1. The van der Waals surface area contributed by atoms with Crippen LogP contribution >= 0.6 is 0 Å². The number of alkyl halides is 3. The van der Waals surface area contributed by atoms with Gasteiger partial charge in [0.2, 0.25) is 0 Å². The number of halogens is 3. The van der Waals surface area contributed by atoms with Crippen molar-refractivity contribution in [3.8, 4) is 0 Å². The van der Waals surface area contributed by atoms with Crippen LogP contribution in [0.25, 0.3) is 0 Å². The van der Waals surface area contributed by atoms with Crippen LogP contribution in [-0.4, -0.2) is 78.9 Å². The fourth-order valence-electron chi connectivity index (χ4n) is 3.15. The standard InChI is InChI=1S/C15H26N2O2.C6H9F3.C4H7N.C4H6O2.C2H6/c1-4-6-10-17-11-7-15(8-12-17,19-14-18)13-16(3)9-5-2;1-4(2)5(3)6(7,8)9;1-2-3-4-5;1-2-3-4(5)6;1-2/h4-5,14H,1-2,6-13H2,3H3;1-3H3;2-4H,1,5H2;2-3H,1H3,(H,5,6);1-2H3/b;;4-3+;3-2-;. The van der Waals surface area contributed by atoms with Crippen LogP contribution in [-0.2, 0) is 14.3 Å². The van der Waals surface area contributed by atoms with Crippen molar-refractivity contribution in [1.82, 2.24) is 9.80 Å².